The third-order valence-electron chi connectivity index (χ3n) is 3.92. The summed E-state index contributed by atoms with van der Waals surface area (Å²) in [5, 5.41) is 0. The zero-order chi connectivity index (χ0) is 15.7. The Morgan fingerprint density at radius 2 is 1.68 bits per heavy atom. The van der Waals surface area contributed by atoms with Gasteiger partial charge in [0.1, 0.15) is 5.82 Å². The van der Waals surface area contributed by atoms with E-state index in [0.29, 0.717) is 23.6 Å². The molecule has 0 unspecified atom stereocenters. The Morgan fingerprint density at radius 1 is 1.05 bits per heavy atom. The van der Waals surface area contributed by atoms with Crippen LogP contribution >= 0.6 is 0 Å². The minimum absolute atomic E-state index is 0.185. The number of imide groups is 1. The number of aryl methyl sites for hydroxylation is 1. The number of rotatable bonds is 5. The van der Waals surface area contributed by atoms with Crippen LogP contribution in [0.15, 0.2) is 36.7 Å². The van der Waals surface area contributed by atoms with E-state index in [9.17, 15) is 9.59 Å². The quantitative estimate of drug-likeness (QED) is 0.797. The van der Waals surface area contributed by atoms with Crippen LogP contribution in [0.5, 0.6) is 0 Å². The second-order valence-corrected chi connectivity index (χ2v) is 5.79. The van der Waals surface area contributed by atoms with Crippen molar-refractivity contribution in [2.75, 3.05) is 6.54 Å². The van der Waals surface area contributed by atoms with E-state index in [0.717, 1.165) is 18.8 Å². The van der Waals surface area contributed by atoms with Crippen molar-refractivity contribution < 1.29 is 9.59 Å². The van der Waals surface area contributed by atoms with Gasteiger partial charge in [-0.25, -0.2) is 4.98 Å². The average molecular weight is 297 g/mol. The number of nitrogens with zero attached hydrogens (tertiary/aromatic N) is 3. The molecule has 0 saturated carbocycles. The Kier molecular flexibility index (Phi) is 3.79. The van der Waals surface area contributed by atoms with E-state index in [2.05, 4.69) is 23.4 Å². The first-order valence-electron chi connectivity index (χ1n) is 7.56. The van der Waals surface area contributed by atoms with E-state index >= 15 is 0 Å². The van der Waals surface area contributed by atoms with Crippen LogP contribution in [0.2, 0.25) is 0 Å². The number of hydrogen-bond acceptors (Lipinski definition) is 3. The van der Waals surface area contributed by atoms with Gasteiger partial charge in [0.2, 0.25) is 0 Å². The van der Waals surface area contributed by atoms with Gasteiger partial charge in [0, 0.05) is 31.4 Å². The van der Waals surface area contributed by atoms with Crippen LogP contribution in [-0.4, -0.2) is 32.8 Å². The van der Waals surface area contributed by atoms with Crippen molar-refractivity contribution >= 4 is 11.8 Å². The molecule has 0 spiro atoms. The van der Waals surface area contributed by atoms with E-state index in [1.54, 1.807) is 30.5 Å². The molecule has 1 aliphatic rings. The van der Waals surface area contributed by atoms with Gasteiger partial charge >= 0.3 is 0 Å². The summed E-state index contributed by atoms with van der Waals surface area (Å²) in [4.78, 5) is 30.2. The van der Waals surface area contributed by atoms with Crippen molar-refractivity contribution in [1.82, 2.24) is 14.5 Å². The molecule has 5 heteroatoms. The number of fused-ring (bicyclic) bond motifs is 1. The predicted octanol–water partition coefficient (Wildman–Crippen LogP) is 2.69. The first-order valence-corrected chi connectivity index (χ1v) is 7.56. The SMILES string of the molecule is CC(C)c1nccn1CCCN1C(=O)c2ccccc2C1=O. The normalized spacial score (nSPS) is 14.0. The molecule has 2 heterocycles. The number of amides is 2. The van der Waals surface area contributed by atoms with E-state index in [4.69, 9.17) is 0 Å². The standard InChI is InChI=1S/C17H19N3O2/c1-12(2)15-18-8-11-19(15)9-5-10-20-16(21)13-6-3-4-7-14(13)17(20)22/h3-4,6-8,11-12H,5,9-10H2,1-2H3. The fourth-order valence-corrected chi connectivity index (χ4v) is 2.85. The van der Waals surface area contributed by atoms with Gasteiger partial charge in [-0.15, -0.1) is 0 Å². The molecule has 0 aliphatic carbocycles. The lowest BCUT2D eigenvalue weighted by molar-refractivity contribution is 0.0650. The molecule has 1 aromatic heterocycles. The predicted molar refractivity (Wildman–Crippen MR) is 82.7 cm³/mol. The summed E-state index contributed by atoms with van der Waals surface area (Å²) < 4.78 is 2.09. The Bertz CT molecular complexity index is 683. The summed E-state index contributed by atoms with van der Waals surface area (Å²) in [6.07, 6.45) is 4.45. The second-order valence-electron chi connectivity index (χ2n) is 5.79. The van der Waals surface area contributed by atoms with Crippen LogP contribution in [0.4, 0.5) is 0 Å². The molecule has 0 radical (unpaired) electrons. The molecule has 3 rings (SSSR count). The number of benzene rings is 1. The topological polar surface area (TPSA) is 55.2 Å². The molecule has 22 heavy (non-hydrogen) atoms. The van der Waals surface area contributed by atoms with Gasteiger partial charge < -0.3 is 4.57 Å². The minimum Gasteiger partial charge on any atom is -0.335 e. The van der Waals surface area contributed by atoms with Gasteiger partial charge in [-0.3, -0.25) is 14.5 Å². The van der Waals surface area contributed by atoms with Crippen molar-refractivity contribution in [2.45, 2.75) is 32.7 Å². The first-order chi connectivity index (χ1) is 10.6. The summed E-state index contributed by atoms with van der Waals surface area (Å²) in [6.45, 7) is 5.38. The number of imidazole rings is 1. The maximum atomic E-state index is 12.3. The highest BCUT2D eigenvalue weighted by molar-refractivity contribution is 6.21. The van der Waals surface area contributed by atoms with Crippen molar-refractivity contribution in [3.05, 3.63) is 53.6 Å². The van der Waals surface area contributed by atoms with E-state index in [1.807, 2.05) is 6.20 Å². The molecular weight excluding hydrogens is 278 g/mol. The highest BCUT2D eigenvalue weighted by atomic mass is 16.2. The molecule has 0 saturated heterocycles. The van der Waals surface area contributed by atoms with Crippen LogP contribution in [-0.2, 0) is 6.54 Å². The summed E-state index contributed by atoms with van der Waals surface area (Å²) >= 11 is 0. The second kappa shape index (κ2) is 5.75. The molecule has 2 amide bonds. The fourth-order valence-electron chi connectivity index (χ4n) is 2.85. The smallest absolute Gasteiger partial charge is 0.261 e. The first kappa shape index (κ1) is 14.5. The highest BCUT2D eigenvalue weighted by Crippen LogP contribution is 2.22. The Hall–Kier alpha value is -2.43. The van der Waals surface area contributed by atoms with Crippen LogP contribution in [0.1, 0.15) is 52.7 Å². The van der Waals surface area contributed by atoms with Crippen LogP contribution in [0, 0.1) is 0 Å². The monoisotopic (exact) mass is 297 g/mol. The summed E-state index contributed by atoms with van der Waals surface area (Å²) in [5.74, 6) is 1.02. The Labute approximate surface area is 129 Å². The zero-order valence-electron chi connectivity index (χ0n) is 12.8. The van der Waals surface area contributed by atoms with E-state index in [1.165, 1.54) is 4.90 Å². The largest absolute Gasteiger partial charge is 0.335 e. The van der Waals surface area contributed by atoms with E-state index in [-0.39, 0.29) is 11.8 Å². The van der Waals surface area contributed by atoms with Gasteiger partial charge in [0.15, 0.2) is 0 Å². The molecule has 0 bridgehead atoms. The lowest BCUT2D eigenvalue weighted by Crippen LogP contribution is -2.31. The van der Waals surface area contributed by atoms with Crippen LogP contribution in [0.25, 0.3) is 0 Å². The fraction of sp³-hybridized carbons (Fsp3) is 0.353. The van der Waals surface area contributed by atoms with Crippen molar-refractivity contribution in [2.24, 2.45) is 0 Å². The number of carbonyl (C=O) groups excluding carboxylic acids is 2. The van der Waals surface area contributed by atoms with Gasteiger partial charge in [0.05, 0.1) is 11.1 Å². The number of aromatic nitrogens is 2. The van der Waals surface area contributed by atoms with Gasteiger partial charge in [0.25, 0.3) is 11.8 Å². The van der Waals surface area contributed by atoms with Gasteiger partial charge in [-0.05, 0) is 18.6 Å². The molecule has 0 fully saturated rings. The lowest BCUT2D eigenvalue weighted by Gasteiger charge is -2.15. The van der Waals surface area contributed by atoms with Crippen LogP contribution < -0.4 is 0 Å². The molecular formula is C17H19N3O2. The minimum atomic E-state index is -0.185. The van der Waals surface area contributed by atoms with Crippen molar-refractivity contribution in [3.8, 4) is 0 Å². The third kappa shape index (κ3) is 2.43. The lowest BCUT2D eigenvalue weighted by atomic mass is 10.1. The van der Waals surface area contributed by atoms with Gasteiger partial charge in [-0.2, -0.15) is 0 Å². The summed E-state index contributed by atoms with van der Waals surface area (Å²) in [7, 11) is 0. The maximum Gasteiger partial charge on any atom is 0.261 e. The van der Waals surface area contributed by atoms with Gasteiger partial charge in [-0.1, -0.05) is 26.0 Å². The summed E-state index contributed by atoms with van der Waals surface area (Å²) in [6, 6.07) is 6.99. The molecule has 0 atom stereocenters. The average Bonchev–Trinajstić information content (AvgIpc) is 3.07. The molecule has 2 aromatic rings. The molecule has 0 N–H and O–H groups in total. The van der Waals surface area contributed by atoms with Crippen LogP contribution in [0.3, 0.4) is 0 Å². The van der Waals surface area contributed by atoms with E-state index < -0.39 is 0 Å². The number of carbonyl (C=O) groups is 2. The number of hydrogen-bond donors (Lipinski definition) is 0. The molecule has 1 aliphatic heterocycles. The third-order valence-corrected chi connectivity index (χ3v) is 3.92. The van der Waals surface area contributed by atoms with Crippen molar-refractivity contribution in [3.63, 3.8) is 0 Å². The van der Waals surface area contributed by atoms with Crippen molar-refractivity contribution in [1.29, 1.82) is 0 Å². The molecule has 5 nitrogen and oxygen atoms in total. The molecule has 1 aromatic carbocycles. The summed E-state index contributed by atoms with van der Waals surface area (Å²) in [5.41, 5.74) is 1.02. The Balaban J connectivity index is 1.65. The molecule has 114 valence electrons. The maximum absolute atomic E-state index is 12.3. The Morgan fingerprint density at radius 3 is 2.27 bits per heavy atom. The highest BCUT2D eigenvalue weighted by Gasteiger charge is 2.34. The zero-order valence-corrected chi connectivity index (χ0v) is 12.8.